The number of imide groups is 2. The van der Waals surface area contributed by atoms with Gasteiger partial charge in [0.15, 0.2) is 0 Å². The summed E-state index contributed by atoms with van der Waals surface area (Å²) in [5.74, 6) is -4.10. The molecule has 4 aromatic carbocycles. The molecule has 4 aromatic rings. The Morgan fingerprint density at radius 3 is 2.28 bits per heavy atom. The van der Waals surface area contributed by atoms with Crippen LogP contribution in [-0.2, 0) is 25.6 Å². The van der Waals surface area contributed by atoms with E-state index in [1.54, 1.807) is 54.6 Å². The number of aromatic hydroxyl groups is 2. The molecular weight excluding hydrogens is 592 g/mol. The number of phenolic OH excluding ortho intramolecular Hbond substituents is 2. The van der Waals surface area contributed by atoms with Crippen molar-refractivity contribution in [3.8, 4) is 11.5 Å². The fourth-order valence-electron chi connectivity index (χ4n) is 8.92. The van der Waals surface area contributed by atoms with Gasteiger partial charge in [-0.3, -0.25) is 24.1 Å². The maximum Gasteiger partial charge on any atom is 0.241 e. The SMILES string of the molecule is CC12C(=O)N(c3ccccc3)C(=O)C1CC1C(=CCC3C(=O)N(CCc4ccc(O)cc4)C(=O)C31)C2c1c(O)ccc2ccccc12. The molecule has 0 aromatic heterocycles. The van der Waals surface area contributed by atoms with Crippen molar-refractivity contribution in [2.24, 2.45) is 29.1 Å². The number of benzene rings is 4. The van der Waals surface area contributed by atoms with Crippen LogP contribution in [0.15, 0.2) is 103 Å². The average Bonchev–Trinajstić information content (AvgIpc) is 3.44. The molecule has 2 aliphatic heterocycles. The van der Waals surface area contributed by atoms with Crippen molar-refractivity contribution in [3.63, 3.8) is 0 Å². The summed E-state index contributed by atoms with van der Waals surface area (Å²) in [6.45, 7) is 2.05. The third-order valence-corrected chi connectivity index (χ3v) is 11.2. The van der Waals surface area contributed by atoms with Gasteiger partial charge in [-0.1, -0.05) is 72.3 Å². The van der Waals surface area contributed by atoms with Gasteiger partial charge in [-0.15, -0.1) is 0 Å². The fraction of sp³-hybridized carbons (Fsp3) is 0.282. The molecule has 236 valence electrons. The average molecular weight is 627 g/mol. The molecule has 2 saturated heterocycles. The zero-order valence-corrected chi connectivity index (χ0v) is 25.9. The normalized spacial score (nSPS) is 28.4. The third kappa shape index (κ3) is 4.20. The predicted octanol–water partition coefficient (Wildman–Crippen LogP) is 5.72. The minimum Gasteiger partial charge on any atom is -0.508 e. The first-order valence-corrected chi connectivity index (χ1v) is 16.2. The molecule has 3 fully saturated rings. The van der Waals surface area contributed by atoms with Crippen molar-refractivity contribution >= 4 is 40.1 Å². The fourth-order valence-corrected chi connectivity index (χ4v) is 8.92. The van der Waals surface area contributed by atoms with E-state index >= 15 is 0 Å². The van der Waals surface area contributed by atoms with Crippen LogP contribution in [0, 0.1) is 29.1 Å². The van der Waals surface area contributed by atoms with Crippen molar-refractivity contribution in [2.45, 2.75) is 32.1 Å². The van der Waals surface area contributed by atoms with Crippen molar-refractivity contribution < 1.29 is 29.4 Å². The first kappa shape index (κ1) is 29.2. The first-order chi connectivity index (χ1) is 22.7. The number of anilines is 1. The Kier molecular flexibility index (Phi) is 6.62. The van der Waals surface area contributed by atoms with Crippen LogP contribution in [-0.4, -0.2) is 45.3 Å². The van der Waals surface area contributed by atoms with E-state index in [2.05, 4.69) is 0 Å². The van der Waals surface area contributed by atoms with E-state index < -0.39 is 35.0 Å². The van der Waals surface area contributed by atoms with Gasteiger partial charge in [-0.2, -0.15) is 0 Å². The highest BCUT2D eigenvalue weighted by Crippen LogP contribution is 2.65. The van der Waals surface area contributed by atoms with E-state index in [-0.39, 0.29) is 48.1 Å². The Morgan fingerprint density at radius 2 is 1.51 bits per heavy atom. The topological polar surface area (TPSA) is 115 Å². The number of carbonyl (C=O) groups is 4. The second-order valence-electron chi connectivity index (χ2n) is 13.5. The van der Waals surface area contributed by atoms with Crippen molar-refractivity contribution in [1.82, 2.24) is 4.90 Å². The highest BCUT2D eigenvalue weighted by Gasteiger charge is 2.68. The number of carbonyl (C=O) groups excluding carboxylic acids is 4. The molecule has 8 rings (SSSR count). The van der Waals surface area contributed by atoms with Gasteiger partial charge >= 0.3 is 0 Å². The Morgan fingerprint density at radius 1 is 0.787 bits per heavy atom. The van der Waals surface area contributed by atoms with E-state index in [1.807, 2.05) is 49.4 Å². The minimum atomic E-state index is -1.24. The summed E-state index contributed by atoms with van der Waals surface area (Å²) >= 11 is 0. The van der Waals surface area contributed by atoms with Gasteiger partial charge in [-0.05, 0) is 78.8 Å². The number of hydrogen-bond acceptors (Lipinski definition) is 6. The molecule has 6 atom stereocenters. The number of allylic oxidation sites excluding steroid dienone is 2. The molecule has 8 nitrogen and oxygen atoms in total. The first-order valence-electron chi connectivity index (χ1n) is 16.2. The smallest absolute Gasteiger partial charge is 0.241 e. The van der Waals surface area contributed by atoms with Crippen LogP contribution in [0.5, 0.6) is 11.5 Å². The number of phenols is 2. The Hall–Kier alpha value is -5.24. The van der Waals surface area contributed by atoms with E-state index in [0.29, 0.717) is 24.1 Å². The number of amides is 4. The second kappa shape index (κ2) is 10.7. The molecule has 2 N–H and O–H groups in total. The molecule has 0 spiro atoms. The molecule has 6 unspecified atom stereocenters. The Balaban J connectivity index is 1.24. The van der Waals surface area contributed by atoms with Crippen LogP contribution in [0.2, 0.25) is 0 Å². The number of fused-ring (bicyclic) bond motifs is 5. The van der Waals surface area contributed by atoms with E-state index in [9.17, 15) is 29.4 Å². The lowest BCUT2D eigenvalue weighted by Crippen LogP contribution is -2.49. The summed E-state index contributed by atoms with van der Waals surface area (Å²) in [4.78, 5) is 59.7. The number of hydrogen-bond donors (Lipinski definition) is 2. The molecule has 4 amide bonds. The molecule has 4 aliphatic rings. The van der Waals surface area contributed by atoms with Gasteiger partial charge in [0, 0.05) is 18.0 Å². The van der Waals surface area contributed by atoms with Gasteiger partial charge in [0.1, 0.15) is 11.5 Å². The van der Waals surface area contributed by atoms with Crippen LogP contribution in [0.4, 0.5) is 5.69 Å². The van der Waals surface area contributed by atoms with Crippen molar-refractivity contribution in [3.05, 3.63) is 114 Å². The van der Waals surface area contributed by atoms with Crippen molar-refractivity contribution in [1.29, 1.82) is 0 Å². The van der Waals surface area contributed by atoms with Crippen LogP contribution in [0.25, 0.3) is 10.8 Å². The highest BCUT2D eigenvalue weighted by molar-refractivity contribution is 6.24. The summed E-state index contributed by atoms with van der Waals surface area (Å²) < 4.78 is 0. The van der Waals surface area contributed by atoms with Gasteiger partial charge in [-0.25, -0.2) is 4.90 Å². The predicted molar refractivity (Wildman–Crippen MR) is 175 cm³/mol. The number of likely N-dealkylation sites (tertiary alicyclic amines) is 1. The lowest BCUT2D eigenvalue weighted by atomic mass is 9.51. The van der Waals surface area contributed by atoms with E-state index in [4.69, 9.17) is 0 Å². The van der Waals surface area contributed by atoms with Crippen LogP contribution < -0.4 is 4.90 Å². The molecule has 1 saturated carbocycles. The van der Waals surface area contributed by atoms with Gasteiger partial charge in [0.25, 0.3) is 0 Å². The molecular formula is C39H34N2O6. The highest BCUT2D eigenvalue weighted by atomic mass is 16.3. The minimum absolute atomic E-state index is 0.0279. The molecule has 0 bridgehead atoms. The molecule has 0 radical (unpaired) electrons. The van der Waals surface area contributed by atoms with Gasteiger partial charge in [0.2, 0.25) is 23.6 Å². The monoisotopic (exact) mass is 626 g/mol. The zero-order valence-electron chi connectivity index (χ0n) is 25.9. The Bertz CT molecular complexity index is 2000. The van der Waals surface area contributed by atoms with E-state index in [1.165, 1.54) is 9.80 Å². The largest absolute Gasteiger partial charge is 0.508 e. The quantitative estimate of drug-likeness (QED) is 0.216. The van der Waals surface area contributed by atoms with Gasteiger partial charge in [0.05, 0.1) is 28.9 Å². The van der Waals surface area contributed by atoms with Crippen LogP contribution >= 0.6 is 0 Å². The summed E-state index contributed by atoms with van der Waals surface area (Å²) in [5, 5.41) is 22.9. The summed E-state index contributed by atoms with van der Waals surface area (Å²) in [6, 6.07) is 26.8. The molecule has 2 heterocycles. The number of para-hydroxylation sites is 1. The Labute approximate surface area is 271 Å². The van der Waals surface area contributed by atoms with Crippen LogP contribution in [0.1, 0.15) is 36.8 Å². The lowest BCUT2D eigenvalue weighted by molar-refractivity contribution is -0.140. The molecule has 47 heavy (non-hydrogen) atoms. The second-order valence-corrected chi connectivity index (χ2v) is 13.5. The zero-order chi connectivity index (χ0) is 32.6. The van der Waals surface area contributed by atoms with Crippen LogP contribution in [0.3, 0.4) is 0 Å². The number of nitrogens with zero attached hydrogens (tertiary/aromatic N) is 2. The molecule has 8 heteroatoms. The van der Waals surface area contributed by atoms with Gasteiger partial charge < -0.3 is 10.2 Å². The molecule has 2 aliphatic carbocycles. The summed E-state index contributed by atoms with van der Waals surface area (Å²) in [5.41, 5.74) is 1.55. The lowest BCUT2D eigenvalue weighted by Gasteiger charge is -2.49. The standard InChI is InChI=1S/C39H34N2O6/c1-39-30(36(45)41(38(39)47)24-8-3-2-4-9-24)21-29-27(34(39)33-26-10-6-5-7-23(26)13-18-31(33)43)16-17-28-32(29)37(46)40(35(28)44)20-19-22-11-14-25(42)15-12-22/h2-16,18,28-30,32,34,42-43H,17,19-21H2,1H3. The summed E-state index contributed by atoms with van der Waals surface area (Å²) in [6.07, 6.45) is 3.06. The van der Waals surface area contributed by atoms with Crippen molar-refractivity contribution in [2.75, 3.05) is 11.4 Å². The third-order valence-electron chi connectivity index (χ3n) is 11.2. The summed E-state index contributed by atoms with van der Waals surface area (Å²) in [7, 11) is 0. The maximum absolute atomic E-state index is 14.7. The number of rotatable bonds is 5. The maximum atomic E-state index is 14.7. The van der Waals surface area contributed by atoms with E-state index in [0.717, 1.165) is 21.9 Å².